The topological polar surface area (TPSA) is 78.9 Å². The van der Waals surface area contributed by atoms with E-state index in [1.54, 1.807) is 24.3 Å². The Morgan fingerprint density at radius 1 is 0.750 bits per heavy atom. The maximum absolute atomic E-state index is 13.5. The zero-order valence-electron chi connectivity index (χ0n) is 18.6. The average molecular weight is 451 g/mol. The first-order valence-corrected chi connectivity index (χ1v) is 11.1. The number of ether oxygens (including phenoxy) is 3. The summed E-state index contributed by atoms with van der Waals surface area (Å²) in [6.45, 7) is 3.70. The van der Waals surface area contributed by atoms with E-state index in [-0.39, 0.29) is 33.7 Å². The first-order chi connectivity index (χ1) is 15.3. The molecule has 1 atom stereocenters. The van der Waals surface area contributed by atoms with Gasteiger partial charge in [-0.25, -0.2) is 0 Å². The van der Waals surface area contributed by atoms with Gasteiger partial charge >= 0.3 is 0 Å². The van der Waals surface area contributed by atoms with Crippen molar-refractivity contribution in [2.45, 2.75) is 13.8 Å². The largest absolute Gasteiger partial charge is 0.496 e. The van der Waals surface area contributed by atoms with Crippen LogP contribution < -0.4 is 19.5 Å². The van der Waals surface area contributed by atoms with E-state index < -0.39 is 13.3 Å². The number of hydrogen-bond donors (Lipinski definition) is 0. The van der Waals surface area contributed by atoms with Gasteiger partial charge in [0.1, 0.15) is 22.8 Å². The van der Waals surface area contributed by atoms with E-state index in [0.29, 0.717) is 11.3 Å². The Kier molecular flexibility index (Phi) is 7.06. The van der Waals surface area contributed by atoms with Gasteiger partial charge in [0.05, 0.1) is 26.6 Å². The first kappa shape index (κ1) is 23.2. The van der Waals surface area contributed by atoms with Crippen LogP contribution in [0, 0.1) is 13.8 Å². The summed E-state index contributed by atoms with van der Waals surface area (Å²) in [6, 6.07) is 15.1. The Morgan fingerprint density at radius 2 is 1.31 bits per heavy atom. The third-order valence-electron chi connectivity index (χ3n) is 5.19. The Labute approximate surface area is 187 Å². The molecular weight excluding hydrogens is 427 g/mol. The van der Waals surface area contributed by atoms with Crippen molar-refractivity contribution in [3.05, 3.63) is 82.4 Å². The second kappa shape index (κ2) is 9.75. The monoisotopic (exact) mass is 451 g/mol. The van der Waals surface area contributed by atoms with Crippen molar-refractivity contribution in [2.75, 3.05) is 21.3 Å². The Morgan fingerprint density at radius 3 is 1.84 bits per heavy atom. The van der Waals surface area contributed by atoms with Crippen LogP contribution in [-0.4, -0.2) is 32.6 Å². The van der Waals surface area contributed by atoms with Crippen molar-refractivity contribution in [3.63, 3.8) is 0 Å². The van der Waals surface area contributed by atoms with Gasteiger partial charge in [0, 0.05) is 23.3 Å². The molecule has 0 N–H and O–H groups in total. The highest BCUT2D eigenvalue weighted by atomic mass is 31.1. The standard InChI is InChI=1S/C25H24O6P/c1-15-9-8-10-16(2)22(15)24(26)18-11-6-7-12-21(18)32(28)25(27)23-19(30-4)13-17(29-3)14-20(23)31-5/h6-14H,1-5H3. The van der Waals surface area contributed by atoms with Crippen molar-refractivity contribution in [2.24, 2.45) is 0 Å². The lowest BCUT2D eigenvalue weighted by atomic mass is 9.95. The van der Waals surface area contributed by atoms with Gasteiger partial charge in [-0.15, -0.1) is 0 Å². The normalized spacial score (nSPS) is 11.0. The van der Waals surface area contributed by atoms with E-state index in [9.17, 15) is 14.2 Å². The van der Waals surface area contributed by atoms with Crippen LogP contribution in [0.15, 0.2) is 54.6 Å². The minimum atomic E-state index is -2.64. The van der Waals surface area contributed by atoms with E-state index in [4.69, 9.17) is 14.2 Å². The van der Waals surface area contributed by atoms with Crippen LogP contribution in [0.4, 0.5) is 0 Å². The van der Waals surface area contributed by atoms with Gasteiger partial charge in [-0.2, -0.15) is 0 Å². The molecule has 3 rings (SSSR count). The van der Waals surface area contributed by atoms with E-state index in [1.165, 1.54) is 33.5 Å². The molecule has 1 unspecified atom stereocenters. The predicted molar refractivity (Wildman–Crippen MR) is 123 cm³/mol. The first-order valence-electron chi connectivity index (χ1n) is 9.85. The van der Waals surface area contributed by atoms with Crippen molar-refractivity contribution < 1.29 is 28.4 Å². The number of carbonyl (C=O) groups is 2. The maximum Gasteiger partial charge on any atom is 0.254 e. The molecule has 0 aliphatic rings. The van der Waals surface area contributed by atoms with E-state index in [2.05, 4.69) is 0 Å². The second-order valence-corrected chi connectivity index (χ2v) is 8.60. The highest BCUT2D eigenvalue weighted by molar-refractivity contribution is 7.71. The van der Waals surface area contributed by atoms with Gasteiger partial charge in [-0.05, 0) is 37.1 Å². The van der Waals surface area contributed by atoms with Crippen LogP contribution in [-0.2, 0) is 4.57 Å². The molecule has 0 heterocycles. The molecule has 0 saturated heterocycles. The Balaban J connectivity index is 2.11. The van der Waals surface area contributed by atoms with Crippen molar-refractivity contribution >= 4 is 24.4 Å². The number of rotatable bonds is 8. The molecule has 0 spiro atoms. The lowest BCUT2D eigenvalue weighted by molar-refractivity contribution is 0.103. The van der Waals surface area contributed by atoms with Crippen LogP contribution in [0.25, 0.3) is 0 Å². The fraction of sp³-hybridized carbons (Fsp3) is 0.200. The quantitative estimate of drug-likeness (QED) is 0.360. The molecule has 0 aliphatic carbocycles. The smallest absolute Gasteiger partial charge is 0.254 e. The van der Waals surface area contributed by atoms with E-state index in [1.807, 2.05) is 32.0 Å². The highest BCUT2D eigenvalue weighted by Crippen LogP contribution is 2.40. The summed E-state index contributed by atoms with van der Waals surface area (Å²) >= 11 is 0. The summed E-state index contributed by atoms with van der Waals surface area (Å²) in [5, 5.41) is 0.167. The molecule has 6 nitrogen and oxygen atoms in total. The number of carbonyl (C=O) groups excluding carboxylic acids is 2. The molecule has 1 radical (unpaired) electrons. The zero-order chi connectivity index (χ0) is 23.4. The van der Waals surface area contributed by atoms with Crippen molar-refractivity contribution in [1.82, 2.24) is 0 Å². The molecule has 3 aromatic rings. The number of methoxy groups -OCH3 is 3. The summed E-state index contributed by atoms with van der Waals surface area (Å²) < 4.78 is 29.4. The Hall–Kier alpha value is -3.50. The van der Waals surface area contributed by atoms with E-state index in [0.717, 1.165) is 11.1 Å². The third-order valence-corrected chi connectivity index (χ3v) is 6.61. The third kappa shape index (κ3) is 4.27. The molecule has 165 valence electrons. The summed E-state index contributed by atoms with van der Waals surface area (Å²) in [5.74, 6) is 0.498. The van der Waals surface area contributed by atoms with Gasteiger partial charge in [0.15, 0.2) is 13.6 Å². The van der Waals surface area contributed by atoms with Crippen molar-refractivity contribution in [3.8, 4) is 17.2 Å². The number of hydrogen-bond acceptors (Lipinski definition) is 6. The molecule has 0 aliphatic heterocycles. The summed E-state index contributed by atoms with van der Waals surface area (Å²) in [4.78, 5) is 26.7. The molecular formula is C25H24O6P. The molecule has 0 aromatic heterocycles. The average Bonchev–Trinajstić information content (AvgIpc) is 2.81. The fourth-order valence-electron chi connectivity index (χ4n) is 3.58. The van der Waals surface area contributed by atoms with Gasteiger partial charge in [-0.3, -0.25) is 14.2 Å². The lowest BCUT2D eigenvalue weighted by Crippen LogP contribution is -2.17. The molecule has 3 aromatic carbocycles. The van der Waals surface area contributed by atoms with E-state index >= 15 is 0 Å². The van der Waals surface area contributed by atoms with Crippen molar-refractivity contribution in [1.29, 1.82) is 0 Å². The molecule has 0 bridgehead atoms. The van der Waals surface area contributed by atoms with Crippen LogP contribution in [0.1, 0.15) is 37.4 Å². The second-order valence-electron chi connectivity index (χ2n) is 7.12. The molecule has 0 saturated carbocycles. The Bertz CT molecular complexity index is 1170. The zero-order valence-corrected chi connectivity index (χ0v) is 19.5. The van der Waals surface area contributed by atoms with Crippen LogP contribution in [0.2, 0.25) is 0 Å². The molecule has 0 amide bonds. The molecule has 0 fully saturated rings. The summed E-state index contributed by atoms with van der Waals surface area (Å²) in [6.07, 6.45) is 0. The number of benzene rings is 3. The van der Waals surface area contributed by atoms with Gasteiger partial charge in [0.25, 0.3) is 5.52 Å². The van der Waals surface area contributed by atoms with Crippen LogP contribution in [0.3, 0.4) is 0 Å². The highest BCUT2D eigenvalue weighted by Gasteiger charge is 2.29. The predicted octanol–water partition coefficient (Wildman–Crippen LogP) is 4.85. The molecule has 32 heavy (non-hydrogen) atoms. The minimum absolute atomic E-state index is 0.0336. The fourth-order valence-corrected chi connectivity index (χ4v) is 4.84. The van der Waals surface area contributed by atoms with Gasteiger partial charge in [-0.1, -0.05) is 30.3 Å². The van der Waals surface area contributed by atoms with Crippen LogP contribution >= 0.6 is 7.80 Å². The van der Waals surface area contributed by atoms with Gasteiger partial charge < -0.3 is 14.2 Å². The molecule has 7 heteroatoms. The number of ketones is 1. The summed E-state index contributed by atoms with van der Waals surface area (Å²) in [5.41, 5.74) is 1.72. The maximum atomic E-state index is 13.5. The summed E-state index contributed by atoms with van der Waals surface area (Å²) in [7, 11) is 1.63. The van der Waals surface area contributed by atoms with Crippen LogP contribution in [0.5, 0.6) is 17.2 Å². The number of aryl methyl sites for hydroxylation is 2. The minimum Gasteiger partial charge on any atom is -0.496 e. The SMILES string of the molecule is COc1cc(OC)c(C(=O)[P](=O)c2ccccc2C(=O)c2c(C)cccc2C)c(OC)c1. The van der Waals surface area contributed by atoms with Gasteiger partial charge in [0.2, 0.25) is 0 Å². The lowest BCUT2D eigenvalue weighted by Gasteiger charge is -2.15.